The highest BCUT2D eigenvalue weighted by molar-refractivity contribution is 5.99. The van der Waals surface area contributed by atoms with Crippen LogP contribution in [0.3, 0.4) is 0 Å². The number of benzene rings is 1. The van der Waals surface area contributed by atoms with E-state index in [1.54, 1.807) is 24.5 Å². The summed E-state index contributed by atoms with van der Waals surface area (Å²) in [5, 5.41) is 8.92. The molecule has 0 saturated carbocycles. The monoisotopic (exact) mass is 599 g/mol. The van der Waals surface area contributed by atoms with Gasteiger partial charge in [0.15, 0.2) is 5.82 Å². The van der Waals surface area contributed by atoms with Gasteiger partial charge in [-0.05, 0) is 54.4 Å². The lowest BCUT2D eigenvalue weighted by Gasteiger charge is -2.12. The summed E-state index contributed by atoms with van der Waals surface area (Å²) in [6.45, 7) is 7.86. The highest BCUT2D eigenvalue weighted by Gasteiger charge is 2.20. The van der Waals surface area contributed by atoms with Crippen molar-refractivity contribution in [1.29, 1.82) is 0 Å². The van der Waals surface area contributed by atoms with Crippen molar-refractivity contribution in [2.24, 2.45) is 5.73 Å². The summed E-state index contributed by atoms with van der Waals surface area (Å²) in [6, 6.07) is 13.6. The van der Waals surface area contributed by atoms with Gasteiger partial charge in [-0.25, -0.2) is 14.2 Å². The summed E-state index contributed by atoms with van der Waals surface area (Å²) in [4.78, 5) is 21.3. The number of hydrogen-bond acceptors (Lipinski definition) is 6. The van der Waals surface area contributed by atoms with Crippen LogP contribution in [0.25, 0.3) is 28.0 Å². The summed E-state index contributed by atoms with van der Waals surface area (Å²) >= 11 is 0. The van der Waals surface area contributed by atoms with E-state index in [9.17, 15) is 9.18 Å². The van der Waals surface area contributed by atoms with Crippen molar-refractivity contribution in [3.8, 4) is 22.4 Å². The summed E-state index contributed by atoms with van der Waals surface area (Å²) in [6.07, 6.45) is 6.07. The van der Waals surface area contributed by atoms with E-state index in [2.05, 4.69) is 25.8 Å². The van der Waals surface area contributed by atoms with Crippen LogP contribution >= 0.6 is 24.8 Å². The van der Waals surface area contributed by atoms with Crippen molar-refractivity contribution >= 4 is 48.0 Å². The van der Waals surface area contributed by atoms with Crippen LogP contribution < -0.4 is 16.4 Å². The molecule has 0 aliphatic heterocycles. The highest BCUT2D eigenvalue weighted by Crippen LogP contribution is 2.28. The van der Waals surface area contributed by atoms with Gasteiger partial charge in [-0.3, -0.25) is 14.7 Å². The molecule has 0 bridgehead atoms. The summed E-state index contributed by atoms with van der Waals surface area (Å²) in [7, 11) is 0. The molecule has 0 saturated heterocycles. The number of halogens is 3. The molecule has 41 heavy (non-hydrogen) atoms. The number of anilines is 2. The number of pyridine rings is 2. The standard InChI is InChI=1S/C29H30FN7O2.2ClH/c1-17(31)11-21-12-18(7-9-32-21)19-8-10-37-24(16-33-27(37)14-19)20-5-6-23(22(30)13-20)34-28(38)35-26-15-25(39-36-26)29(2,3)4;;/h5-10,12-17H,11,31H2,1-4H3,(H2,34,35,36,38);2*1H. The van der Waals surface area contributed by atoms with Crippen LogP contribution in [0.5, 0.6) is 0 Å². The smallest absolute Gasteiger partial charge is 0.325 e. The number of carbonyl (C=O) groups excluding carboxylic acids is 1. The van der Waals surface area contributed by atoms with Crippen molar-refractivity contribution in [2.75, 3.05) is 10.6 Å². The number of urea groups is 1. The number of rotatable bonds is 6. The lowest BCUT2D eigenvalue weighted by atomic mass is 9.93. The number of fused-ring (bicyclic) bond motifs is 1. The molecular weight excluding hydrogens is 568 g/mol. The lowest BCUT2D eigenvalue weighted by Crippen LogP contribution is -2.20. The third-order valence-electron chi connectivity index (χ3n) is 6.20. The Labute approximate surface area is 249 Å². The Kier molecular flexibility index (Phi) is 9.75. The number of nitrogens with zero attached hydrogens (tertiary/aromatic N) is 4. The number of nitrogens with one attached hydrogen (secondary N) is 2. The van der Waals surface area contributed by atoms with E-state index >= 15 is 0 Å². The van der Waals surface area contributed by atoms with Gasteiger partial charge in [0.25, 0.3) is 0 Å². The predicted octanol–water partition coefficient (Wildman–Crippen LogP) is 6.87. The van der Waals surface area contributed by atoms with E-state index in [0.717, 1.165) is 28.2 Å². The van der Waals surface area contributed by atoms with Gasteiger partial charge in [0.1, 0.15) is 17.2 Å². The van der Waals surface area contributed by atoms with Crippen LogP contribution in [0.4, 0.5) is 20.7 Å². The molecule has 0 fully saturated rings. The molecule has 216 valence electrons. The van der Waals surface area contributed by atoms with Gasteiger partial charge >= 0.3 is 6.03 Å². The molecular formula is C29H32Cl2FN7O2. The zero-order valence-corrected chi connectivity index (χ0v) is 24.6. The van der Waals surface area contributed by atoms with Gasteiger partial charge in [0.2, 0.25) is 0 Å². The normalized spacial score (nSPS) is 11.9. The molecule has 0 radical (unpaired) electrons. The van der Waals surface area contributed by atoms with Gasteiger partial charge in [-0.1, -0.05) is 32.0 Å². The van der Waals surface area contributed by atoms with Gasteiger partial charge in [-0.15, -0.1) is 24.8 Å². The first-order valence-electron chi connectivity index (χ1n) is 12.6. The molecule has 9 nitrogen and oxygen atoms in total. The molecule has 5 rings (SSSR count). The quantitative estimate of drug-likeness (QED) is 0.196. The topological polar surface area (TPSA) is 123 Å². The predicted molar refractivity (Wildman–Crippen MR) is 164 cm³/mol. The van der Waals surface area contributed by atoms with Gasteiger partial charge in [0, 0.05) is 47.6 Å². The molecule has 1 unspecified atom stereocenters. The second-order valence-corrected chi connectivity index (χ2v) is 10.6. The first-order valence-corrected chi connectivity index (χ1v) is 12.6. The fourth-order valence-corrected chi connectivity index (χ4v) is 4.21. The largest absolute Gasteiger partial charge is 0.359 e. The average molecular weight is 601 g/mol. The minimum Gasteiger partial charge on any atom is -0.359 e. The second kappa shape index (κ2) is 12.7. The highest BCUT2D eigenvalue weighted by atomic mass is 35.5. The molecule has 0 aliphatic rings. The molecule has 1 aromatic carbocycles. The van der Waals surface area contributed by atoms with E-state index < -0.39 is 11.8 Å². The molecule has 1 atom stereocenters. The summed E-state index contributed by atoms with van der Waals surface area (Å²) in [5.74, 6) is 0.292. The Morgan fingerprint density at radius 1 is 1.02 bits per heavy atom. The molecule has 5 aromatic rings. The van der Waals surface area contributed by atoms with Crippen LogP contribution in [0.2, 0.25) is 0 Å². The third-order valence-corrected chi connectivity index (χ3v) is 6.20. The molecule has 4 aromatic heterocycles. The molecule has 12 heteroatoms. The summed E-state index contributed by atoms with van der Waals surface area (Å²) in [5.41, 5.74) is 10.7. The first kappa shape index (κ1) is 31.5. The molecule has 2 amide bonds. The Morgan fingerprint density at radius 3 is 2.46 bits per heavy atom. The van der Waals surface area contributed by atoms with Gasteiger partial charge in [-0.2, -0.15) is 0 Å². The number of carbonyl (C=O) groups is 1. The Morgan fingerprint density at radius 2 is 1.78 bits per heavy atom. The summed E-state index contributed by atoms with van der Waals surface area (Å²) < 4.78 is 22.1. The maximum atomic E-state index is 15.0. The van der Waals surface area contributed by atoms with Crippen LogP contribution in [-0.4, -0.2) is 31.6 Å². The fourth-order valence-electron chi connectivity index (χ4n) is 4.21. The van der Waals surface area contributed by atoms with Gasteiger partial charge < -0.3 is 15.6 Å². The lowest BCUT2D eigenvalue weighted by molar-refractivity contribution is 0.261. The van der Waals surface area contributed by atoms with Crippen LogP contribution in [0, 0.1) is 5.82 Å². The van der Waals surface area contributed by atoms with E-state index in [4.69, 9.17) is 10.3 Å². The number of nitrogens with two attached hydrogens (primary N) is 1. The maximum absolute atomic E-state index is 15.0. The van der Waals surface area contributed by atoms with Crippen molar-refractivity contribution in [1.82, 2.24) is 19.5 Å². The van der Waals surface area contributed by atoms with E-state index in [-0.39, 0.29) is 47.8 Å². The van der Waals surface area contributed by atoms with Crippen molar-refractivity contribution in [3.05, 3.63) is 84.4 Å². The number of hydrogen-bond donors (Lipinski definition) is 3. The first-order chi connectivity index (χ1) is 18.6. The minimum absolute atomic E-state index is 0. The van der Waals surface area contributed by atoms with Crippen molar-refractivity contribution in [2.45, 2.75) is 45.6 Å². The van der Waals surface area contributed by atoms with Crippen LogP contribution in [-0.2, 0) is 11.8 Å². The van der Waals surface area contributed by atoms with Crippen LogP contribution in [0.15, 0.2) is 71.6 Å². The SMILES string of the molecule is CC(N)Cc1cc(-c2ccn3c(-c4ccc(NC(=O)Nc5cc(C(C)(C)C)on5)c(F)c4)cnc3c2)ccn1.Cl.Cl. The van der Waals surface area contributed by atoms with Crippen molar-refractivity contribution < 1.29 is 13.7 Å². The van der Waals surface area contributed by atoms with E-state index in [1.165, 1.54) is 12.1 Å². The van der Waals surface area contributed by atoms with Crippen LogP contribution in [0.1, 0.15) is 39.1 Å². The average Bonchev–Trinajstić information content (AvgIpc) is 3.52. The number of imidazole rings is 1. The zero-order valence-electron chi connectivity index (χ0n) is 23.0. The fraction of sp³-hybridized carbons (Fsp3) is 0.241. The maximum Gasteiger partial charge on any atom is 0.325 e. The van der Waals surface area contributed by atoms with E-state index in [1.807, 2.05) is 62.6 Å². The minimum atomic E-state index is -0.627. The third kappa shape index (κ3) is 7.21. The molecule has 0 aliphatic carbocycles. The molecule has 4 N–H and O–H groups in total. The van der Waals surface area contributed by atoms with Gasteiger partial charge in [0.05, 0.1) is 17.6 Å². The molecule has 0 spiro atoms. The van der Waals surface area contributed by atoms with E-state index in [0.29, 0.717) is 17.7 Å². The number of aromatic nitrogens is 4. The Balaban J connectivity index is 0.00000231. The second-order valence-electron chi connectivity index (χ2n) is 10.6. The zero-order chi connectivity index (χ0) is 27.7. The Bertz CT molecular complexity index is 1660. The number of amides is 2. The molecule has 4 heterocycles. The van der Waals surface area contributed by atoms with Crippen molar-refractivity contribution in [3.63, 3.8) is 0 Å². The Hall–Kier alpha value is -3.99.